The average Bonchev–Trinajstić information content (AvgIpc) is 3.38. The predicted octanol–water partition coefficient (Wildman–Crippen LogP) is -1.08. The maximum Gasteiger partial charge on any atom is 0.322 e. The molecule has 3 unspecified atom stereocenters. The van der Waals surface area contributed by atoms with Crippen LogP contribution in [0.3, 0.4) is 0 Å². The zero-order valence-electron chi connectivity index (χ0n) is 17.2. The second-order valence-electron chi connectivity index (χ2n) is 7.79. The van der Waals surface area contributed by atoms with E-state index in [1.807, 2.05) is 13.8 Å². The second kappa shape index (κ2) is 11.3. The molecule has 0 saturated carbocycles. The van der Waals surface area contributed by atoms with Crippen molar-refractivity contribution in [3.63, 3.8) is 0 Å². The summed E-state index contributed by atoms with van der Waals surface area (Å²) in [5.41, 5.74) is 0.658. The van der Waals surface area contributed by atoms with Crippen LogP contribution in [0.2, 0.25) is 0 Å². The Labute approximate surface area is 174 Å². The third-order valence-electron chi connectivity index (χ3n) is 4.74. The highest BCUT2D eigenvalue weighted by Gasteiger charge is 2.30. The summed E-state index contributed by atoms with van der Waals surface area (Å²) in [6.07, 6.45) is 5.12. The number of hydrogen-bond acceptors (Lipinski definition) is 6. The van der Waals surface area contributed by atoms with Crippen LogP contribution in [0.5, 0.6) is 0 Å². The Morgan fingerprint density at radius 1 is 1.20 bits per heavy atom. The minimum atomic E-state index is -1.17. The third kappa shape index (κ3) is 7.47. The van der Waals surface area contributed by atoms with Crippen LogP contribution in [-0.4, -0.2) is 70.0 Å². The lowest BCUT2D eigenvalue weighted by Crippen LogP contribution is -2.56. The van der Waals surface area contributed by atoms with Crippen molar-refractivity contribution in [3.8, 4) is 0 Å². The fourth-order valence-electron chi connectivity index (χ4n) is 3.27. The molecule has 3 atom stereocenters. The first-order valence-electron chi connectivity index (χ1n) is 10.1. The maximum absolute atomic E-state index is 13.0. The molecule has 166 valence electrons. The molecule has 1 aromatic rings. The lowest BCUT2D eigenvalue weighted by Gasteiger charge is -2.24. The largest absolute Gasteiger partial charge is 0.480 e. The van der Waals surface area contributed by atoms with E-state index in [1.165, 1.54) is 6.33 Å². The number of aromatic amines is 1. The minimum Gasteiger partial charge on any atom is -0.480 e. The highest BCUT2D eigenvalue weighted by molar-refractivity contribution is 5.93. The summed E-state index contributed by atoms with van der Waals surface area (Å²) in [6, 6.07) is -2.18. The monoisotopic (exact) mass is 422 g/mol. The van der Waals surface area contributed by atoms with E-state index in [0.717, 1.165) is 13.0 Å². The Hall–Kier alpha value is -2.95. The number of nitrogens with zero attached hydrogens (tertiary/aromatic N) is 1. The van der Waals surface area contributed by atoms with Gasteiger partial charge in [-0.05, 0) is 31.7 Å². The zero-order valence-corrected chi connectivity index (χ0v) is 17.2. The molecule has 0 aliphatic carbocycles. The number of aromatic nitrogens is 2. The van der Waals surface area contributed by atoms with E-state index in [-0.39, 0.29) is 24.3 Å². The van der Waals surface area contributed by atoms with Crippen molar-refractivity contribution in [1.29, 1.82) is 0 Å². The summed E-state index contributed by atoms with van der Waals surface area (Å²) in [6.45, 7) is 3.99. The number of amides is 3. The number of H-pyrrole nitrogens is 1. The second-order valence-corrected chi connectivity index (χ2v) is 7.79. The molecular formula is C19H30N6O5. The van der Waals surface area contributed by atoms with Gasteiger partial charge >= 0.3 is 5.97 Å². The Morgan fingerprint density at radius 3 is 2.53 bits per heavy atom. The van der Waals surface area contributed by atoms with E-state index in [9.17, 15) is 19.2 Å². The van der Waals surface area contributed by atoms with E-state index < -0.39 is 36.4 Å². The molecule has 1 aliphatic rings. The highest BCUT2D eigenvalue weighted by Crippen LogP contribution is 2.09. The molecular weight excluding hydrogens is 392 g/mol. The first-order valence-corrected chi connectivity index (χ1v) is 10.1. The van der Waals surface area contributed by atoms with Gasteiger partial charge in [0.25, 0.3) is 0 Å². The van der Waals surface area contributed by atoms with Gasteiger partial charge in [0.2, 0.25) is 17.7 Å². The first-order chi connectivity index (χ1) is 14.3. The molecule has 1 saturated heterocycles. The third-order valence-corrected chi connectivity index (χ3v) is 4.74. The van der Waals surface area contributed by atoms with Crippen molar-refractivity contribution in [3.05, 3.63) is 18.2 Å². The topological polar surface area (TPSA) is 165 Å². The van der Waals surface area contributed by atoms with Crippen molar-refractivity contribution < 1.29 is 24.3 Å². The molecule has 0 spiro atoms. The molecule has 3 amide bonds. The number of hydrogen-bond donors (Lipinski definition) is 6. The lowest BCUT2D eigenvalue weighted by molar-refractivity contribution is -0.138. The Kier molecular flexibility index (Phi) is 8.78. The van der Waals surface area contributed by atoms with Crippen LogP contribution in [0.25, 0.3) is 0 Å². The van der Waals surface area contributed by atoms with Crippen LogP contribution in [-0.2, 0) is 25.6 Å². The van der Waals surface area contributed by atoms with Crippen LogP contribution in [0.1, 0.15) is 38.8 Å². The quantitative estimate of drug-likeness (QED) is 0.264. The van der Waals surface area contributed by atoms with E-state index in [0.29, 0.717) is 18.5 Å². The molecule has 1 aliphatic heterocycles. The fourth-order valence-corrected chi connectivity index (χ4v) is 3.27. The lowest BCUT2D eigenvalue weighted by atomic mass is 10.0. The van der Waals surface area contributed by atoms with Gasteiger partial charge in [-0.3, -0.25) is 19.2 Å². The molecule has 30 heavy (non-hydrogen) atoms. The summed E-state index contributed by atoms with van der Waals surface area (Å²) in [5.74, 6) is -2.47. The van der Waals surface area contributed by atoms with Gasteiger partial charge in [-0.2, -0.15) is 0 Å². The zero-order chi connectivity index (χ0) is 22.1. The van der Waals surface area contributed by atoms with Crippen LogP contribution < -0.4 is 21.3 Å². The minimum absolute atomic E-state index is 0.0780. The van der Waals surface area contributed by atoms with Gasteiger partial charge in [0.1, 0.15) is 18.6 Å². The number of carboxylic acids is 1. The molecule has 1 fully saturated rings. The molecule has 11 nitrogen and oxygen atoms in total. The Bertz CT molecular complexity index is 730. The van der Waals surface area contributed by atoms with Gasteiger partial charge in [0.15, 0.2) is 0 Å². The van der Waals surface area contributed by atoms with E-state index in [2.05, 4.69) is 31.2 Å². The first kappa shape index (κ1) is 23.3. The SMILES string of the molecule is CC(C)CC(NC(=O)C(Cc1cnc[nH]1)NC(=O)C1CCCN1)C(=O)NCC(=O)O. The van der Waals surface area contributed by atoms with Crippen LogP contribution in [0.4, 0.5) is 0 Å². The number of carbonyl (C=O) groups is 4. The highest BCUT2D eigenvalue weighted by atomic mass is 16.4. The number of carbonyl (C=O) groups excluding carboxylic acids is 3. The van der Waals surface area contributed by atoms with Gasteiger partial charge in [0, 0.05) is 18.3 Å². The number of nitrogens with one attached hydrogen (secondary N) is 5. The van der Waals surface area contributed by atoms with Crippen molar-refractivity contribution in [2.45, 2.75) is 57.7 Å². The summed E-state index contributed by atoms with van der Waals surface area (Å²) in [7, 11) is 0. The van der Waals surface area contributed by atoms with Crippen molar-refractivity contribution >= 4 is 23.7 Å². The van der Waals surface area contributed by atoms with Crippen molar-refractivity contribution in [2.75, 3.05) is 13.1 Å². The van der Waals surface area contributed by atoms with Gasteiger partial charge in [-0.15, -0.1) is 0 Å². The standard InChI is InChI=1S/C19H30N6O5/c1-11(2)6-14(17(28)22-9-16(26)27)24-19(30)15(7-12-8-20-10-23-12)25-18(29)13-4-3-5-21-13/h8,10-11,13-15,21H,3-7,9H2,1-2H3,(H,20,23)(H,22,28)(H,24,30)(H,25,29)(H,26,27). The van der Waals surface area contributed by atoms with Crippen molar-refractivity contribution in [1.82, 2.24) is 31.2 Å². The molecule has 6 N–H and O–H groups in total. The molecule has 2 rings (SSSR count). The molecule has 0 aromatic carbocycles. The Balaban J connectivity index is 2.09. The van der Waals surface area contributed by atoms with Gasteiger partial charge in [0.05, 0.1) is 12.4 Å². The fraction of sp³-hybridized carbons (Fsp3) is 0.632. The normalized spacial score (nSPS) is 17.9. The predicted molar refractivity (Wildman–Crippen MR) is 107 cm³/mol. The van der Waals surface area contributed by atoms with Crippen LogP contribution in [0.15, 0.2) is 12.5 Å². The maximum atomic E-state index is 13.0. The van der Waals surface area contributed by atoms with E-state index in [1.54, 1.807) is 6.20 Å². The molecule has 0 bridgehead atoms. The summed E-state index contributed by atoms with van der Waals surface area (Å²) in [5, 5.41) is 19.6. The number of rotatable bonds is 11. The van der Waals surface area contributed by atoms with Crippen molar-refractivity contribution in [2.24, 2.45) is 5.92 Å². The summed E-state index contributed by atoms with van der Waals surface area (Å²) in [4.78, 5) is 55.5. The van der Waals surface area contributed by atoms with Gasteiger partial charge < -0.3 is 31.4 Å². The van der Waals surface area contributed by atoms with Gasteiger partial charge in [-0.1, -0.05) is 13.8 Å². The number of imidazole rings is 1. The molecule has 1 aromatic heterocycles. The average molecular weight is 422 g/mol. The van der Waals surface area contributed by atoms with E-state index >= 15 is 0 Å². The molecule has 11 heteroatoms. The molecule has 2 heterocycles. The number of aliphatic carboxylic acids is 1. The van der Waals surface area contributed by atoms with Crippen LogP contribution in [0, 0.1) is 5.92 Å². The van der Waals surface area contributed by atoms with E-state index in [4.69, 9.17) is 5.11 Å². The van der Waals surface area contributed by atoms with Gasteiger partial charge in [-0.25, -0.2) is 4.98 Å². The number of carboxylic acid groups (broad SMARTS) is 1. The molecule has 0 radical (unpaired) electrons. The van der Waals surface area contributed by atoms with Crippen LogP contribution >= 0.6 is 0 Å². The smallest absolute Gasteiger partial charge is 0.322 e. The summed E-state index contributed by atoms with van der Waals surface area (Å²) >= 11 is 0. The summed E-state index contributed by atoms with van der Waals surface area (Å²) < 4.78 is 0. The Morgan fingerprint density at radius 2 is 1.97 bits per heavy atom.